The third-order valence-corrected chi connectivity index (χ3v) is 3.43. The lowest BCUT2D eigenvalue weighted by atomic mass is 9.97. The fraction of sp³-hybridized carbons (Fsp3) is 0.714. The molecule has 0 bridgehead atoms. The van der Waals surface area contributed by atoms with Crippen molar-refractivity contribution in [3.8, 4) is 0 Å². The maximum Gasteiger partial charge on any atom is 0.303 e. The molecule has 136 valence electrons. The first-order chi connectivity index (χ1) is 11.1. The fourth-order valence-electron chi connectivity index (χ4n) is 2.28. The number of carbonyl (C=O) groups excluding carboxylic acids is 4. The Morgan fingerprint density at radius 3 is 1.96 bits per heavy atom. The molecule has 1 amide bonds. The van der Waals surface area contributed by atoms with Crippen LogP contribution in [0.1, 0.15) is 27.7 Å². The van der Waals surface area contributed by atoms with E-state index >= 15 is 0 Å². The van der Waals surface area contributed by atoms with Gasteiger partial charge in [0.1, 0.15) is 18.8 Å². The van der Waals surface area contributed by atoms with E-state index < -0.39 is 53.7 Å². The summed E-state index contributed by atoms with van der Waals surface area (Å²) in [6.07, 6.45) is -3.18. The molecule has 1 N–H and O–H groups in total. The van der Waals surface area contributed by atoms with Crippen LogP contribution in [-0.2, 0) is 38.1 Å². The Balaban J connectivity index is 3.11. The quantitative estimate of drug-likeness (QED) is 0.407. The Kier molecular flexibility index (Phi) is 7.43. The number of carbonyl (C=O) groups is 4. The zero-order valence-corrected chi connectivity index (χ0v) is 14.5. The predicted octanol–water partition coefficient (Wildman–Crippen LogP) is -0.119. The molecule has 9 nitrogen and oxygen atoms in total. The topological polar surface area (TPSA) is 117 Å². The van der Waals surface area contributed by atoms with Crippen LogP contribution in [0.25, 0.3) is 0 Å². The maximum absolute atomic E-state index is 11.4. The number of nitrogens with one attached hydrogen (secondary N) is 1. The molecule has 0 radical (unpaired) electrons. The molecule has 1 aliphatic heterocycles. The van der Waals surface area contributed by atoms with E-state index in [0.717, 1.165) is 13.8 Å². The third-order valence-electron chi connectivity index (χ3n) is 3.06. The van der Waals surface area contributed by atoms with E-state index in [2.05, 4.69) is 5.32 Å². The monoisotopic (exact) mass is 365 g/mol. The van der Waals surface area contributed by atoms with E-state index in [-0.39, 0.29) is 6.61 Å². The average molecular weight is 366 g/mol. The van der Waals surface area contributed by atoms with Gasteiger partial charge >= 0.3 is 17.9 Å². The van der Waals surface area contributed by atoms with E-state index in [4.69, 9.17) is 30.5 Å². The highest BCUT2D eigenvalue weighted by Gasteiger charge is 2.50. The Morgan fingerprint density at radius 2 is 1.50 bits per heavy atom. The van der Waals surface area contributed by atoms with Gasteiger partial charge in [-0.2, -0.15) is 0 Å². The largest absolute Gasteiger partial charge is 0.463 e. The van der Waals surface area contributed by atoms with E-state index in [9.17, 15) is 19.2 Å². The molecule has 0 aromatic heterocycles. The minimum atomic E-state index is -1.11. The molecule has 5 atom stereocenters. The van der Waals surface area contributed by atoms with E-state index in [1.807, 2.05) is 0 Å². The van der Waals surface area contributed by atoms with Gasteiger partial charge in [-0.15, -0.1) is 0 Å². The molecule has 1 rings (SSSR count). The molecular weight excluding hydrogens is 346 g/mol. The maximum atomic E-state index is 11.4. The molecule has 0 aliphatic carbocycles. The van der Waals surface area contributed by atoms with Crippen LogP contribution in [-0.4, -0.2) is 60.3 Å². The van der Waals surface area contributed by atoms with Crippen molar-refractivity contribution >= 4 is 35.4 Å². The van der Waals surface area contributed by atoms with Crippen LogP contribution >= 0.6 is 11.6 Å². The molecule has 10 heteroatoms. The smallest absolute Gasteiger partial charge is 0.303 e. The van der Waals surface area contributed by atoms with Crippen molar-refractivity contribution in [2.45, 2.75) is 57.6 Å². The van der Waals surface area contributed by atoms with E-state index in [1.165, 1.54) is 13.8 Å². The Hall–Kier alpha value is -1.87. The summed E-state index contributed by atoms with van der Waals surface area (Å²) in [7, 11) is 0. The van der Waals surface area contributed by atoms with Gasteiger partial charge in [0.25, 0.3) is 0 Å². The van der Waals surface area contributed by atoms with Gasteiger partial charge in [0.05, 0.1) is 0 Å². The summed E-state index contributed by atoms with van der Waals surface area (Å²) in [6, 6.07) is -0.953. The molecule has 0 aromatic carbocycles. The van der Waals surface area contributed by atoms with Crippen molar-refractivity contribution in [3.63, 3.8) is 0 Å². The molecule has 1 saturated heterocycles. The summed E-state index contributed by atoms with van der Waals surface area (Å²) in [4.78, 5) is 45.2. The molecule has 0 saturated carbocycles. The molecule has 1 aliphatic rings. The minimum absolute atomic E-state index is 0.263. The summed E-state index contributed by atoms with van der Waals surface area (Å²) >= 11 is 6.11. The van der Waals surface area contributed by atoms with Crippen LogP contribution in [0.5, 0.6) is 0 Å². The number of hydrogen-bond acceptors (Lipinski definition) is 8. The second kappa shape index (κ2) is 8.84. The van der Waals surface area contributed by atoms with Crippen molar-refractivity contribution < 1.29 is 38.1 Å². The number of rotatable bonds is 5. The first kappa shape index (κ1) is 20.2. The summed E-state index contributed by atoms with van der Waals surface area (Å²) < 4.78 is 20.7. The highest BCUT2D eigenvalue weighted by atomic mass is 35.5. The van der Waals surface area contributed by atoms with Crippen LogP contribution < -0.4 is 5.32 Å². The zero-order chi connectivity index (χ0) is 18.4. The van der Waals surface area contributed by atoms with Crippen LogP contribution in [0.3, 0.4) is 0 Å². The molecular formula is C14H20ClNO8. The molecule has 0 spiro atoms. The Labute approximate surface area is 143 Å². The second-order valence-electron chi connectivity index (χ2n) is 5.20. The lowest BCUT2D eigenvalue weighted by Gasteiger charge is -2.43. The Morgan fingerprint density at radius 1 is 0.958 bits per heavy atom. The lowest BCUT2D eigenvalue weighted by Crippen LogP contribution is -2.64. The number of hydrogen-bond donors (Lipinski definition) is 1. The highest BCUT2D eigenvalue weighted by molar-refractivity contribution is 6.20. The first-order valence-corrected chi connectivity index (χ1v) is 7.60. The summed E-state index contributed by atoms with van der Waals surface area (Å²) in [6.45, 7) is 4.51. The Bertz CT molecular complexity index is 511. The number of ether oxygens (including phenoxy) is 4. The lowest BCUT2D eigenvalue weighted by molar-refractivity contribution is -0.212. The second-order valence-corrected chi connectivity index (χ2v) is 5.63. The van der Waals surface area contributed by atoms with Gasteiger partial charge in [0.15, 0.2) is 17.8 Å². The van der Waals surface area contributed by atoms with Gasteiger partial charge in [-0.05, 0) is 0 Å². The normalized spacial score (nSPS) is 29.3. The average Bonchev–Trinajstić information content (AvgIpc) is 2.42. The van der Waals surface area contributed by atoms with Crippen LogP contribution in [0.4, 0.5) is 0 Å². The molecule has 0 aromatic rings. The number of alkyl halides is 1. The molecule has 1 fully saturated rings. The van der Waals surface area contributed by atoms with Gasteiger partial charge in [0.2, 0.25) is 5.91 Å². The van der Waals surface area contributed by atoms with Gasteiger partial charge in [-0.25, -0.2) is 0 Å². The number of halogens is 1. The van der Waals surface area contributed by atoms with Crippen molar-refractivity contribution in [2.75, 3.05) is 6.61 Å². The molecule has 24 heavy (non-hydrogen) atoms. The van der Waals surface area contributed by atoms with Gasteiger partial charge in [0, 0.05) is 27.7 Å². The van der Waals surface area contributed by atoms with E-state index in [0.29, 0.717) is 0 Å². The predicted molar refractivity (Wildman–Crippen MR) is 79.9 cm³/mol. The van der Waals surface area contributed by atoms with Gasteiger partial charge in [-0.1, -0.05) is 11.6 Å². The van der Waals surface area contributed by atoms with Crippen molar-refractivity contribution in [1.82, 2.24) is 5.32 Å². The van der Waals surface area contributed by atoms with Crippen LogP contribution in [0.15, 0.2) is 0 Å². The van der Waals surface area contributed by atoms with Crippen molar-refractivity contribution in [3.05, 3.63) is 0 Å². The standard InChI is InChI=1S/C14H20ClNO8/c1-6(17)16-11-13(23-9(4)20)12(22-8(3)19)10(24-14(11)15)5-21-7(2)18/h10-14H,5H2,1-4H3,(H,16,17)/t10-,11-,12-,13-,14?/m1/s1. The van der Waals surface area contributed by atoms with Crippen molar-refractivity contribution in [1.29, 1.82) is 0 Å². The van der Waals surface area contributed by atoms with Crippen molar-refractivity contribution in [2.24, 2.45) is 0 Å². The zero-order valence-electron chi connectivity index (χ0n) is 13.7. The first-order valence-electron chi connectivity index (χ1n) is 7.16. The van der Waals surface area contributed by atoms with Crippen LogP contribution in [0.2, 0.25) is 0 Å². The van der Waals surface area contributed by atoms with E-state index in [1.54, 1.807) is 0 Å². The van der Waals surface area contributed by atoms with Crippen LogP contribution in [0, 0.1) is 0 Å². The van der Waals surface area contributed by atoms with Gasteiger partial charge in [-0.3, -0.25) is 19.2 Å². The number of esters is 3. The summed E-state index contributed by atoms with van der Waals surface area (Å²) in [5.41, 5.74) is -1.09. The highest BCUT2D eigenvalue weighted by Crippen LogP contribution is 2.28. The number of amides is 1. The molecule has 1 unspecified atom stereocenters. The summed E-state index contributed by atoms with van der Waals surface area (Å²) in [5.74, 6) is -2.33. The molecule has 1 heterocycles. The minimum Gasteiger partial charge on any atom is -0.463 e. The fourth-order valence-corrected chi connectivity index (χ4v) is 2.62. The third kappa shape index (κ3) is 5.97. The SMILES string of the molecule is CC(=O)N[C@H]1C(Cl)O[C@H](COC(C)=O)[C@@H](OC(C)=O)[C@@H]1OC(C)=O. The van der Waals surface area contributed by atoms with Gasteiger partial charge < -0.3 is 24.3 Å². The summed E-state index contributed by atoms with van der Waals surface area (Å²) in [5, 5.41) is 2.50.